The fraction of sp³-hybridized carbons (Fsp3) is 0.643. The molecule has 1 heteroatoms. The Morgan fingerprint density at radius 1 is 0.867 bits per heavy atom. The fourth-order valence-corrected chi connectivity index (χ4v) is 1.41. The molecule has 0 aromatic heterocycles. The summed E-state index contributed by atoms with van der Waals surface area (Å²) in [5.74, 6) is 0. The lowest BCUT2D eigenvalue weighted by Gasteiger charge is -1.94. The van der Waals surface area contributed by atoms with E-state index in [-0.39, 0.29) is 0 Å². The van der Waals surface area contributed by atoms with Gasteiger partial charge in [-0.2, -0.15) is 5.26 Å². The Morgan fingerprint density at radius 2 is 1.53 bits per heavy atom. The number of rotatable bonds is 9. The predicted octanol–water partition coefficient (Wildman–Crippen LogP) is 4.76. The van der Waals surface area contributed by atoms with Gasteiger partial charge in [0.25, 0.3) is 0 Å². The zero-order valence-corrected chi connectivity index (χ0v) is 9.91. The summed E-state index contributed by atoms with van der Waals surface area (Å²) in [6.07, 6.45) is 18.0. The maximum atomic E-state index is 8.26. The van der Waals surface area contributed by atoms with Crippen LogP contribution in [-0.4, -0.2) is 0 Å². The fourth-order valence-electron chi connectivity index (χ4n) is 1.41. The second kappa shape index (κ2) is 13.0. The molecule has 0 fully saturated rings. The van der Waals surface area contributed by atoms with Gasteiger partial charge >= 0.3 is 0 Å². The first kappa shape index (κ1) is 14.0. The molecule has 0 heterocycles. The van der Waals surface area contributed by atoms with Crippen molar-refractivity contribution in [3.63, 3.8) is 0 Å². The zero-order valence-electron chi connectivity index (χ0n) is 9.91. The molecule has 0 bridgehead atoms. The topological polar surface area (TPSA) is 23.8 Å². The number of hydrogen-bond donors (Lipinski definition) is 0. The average molecular weight is 205 g/mol. The number of nitriles is 1. The normalized spacial score (nSPS) is 11.2. The Morgan fingerprint density at radius 3 is 2.20 bits per heavy atom. The SMILES string of the molecule is CCCCCC/C=C/CCC/C=C/C#N. The highest BCUT2D eigenvalue weighted by Gasteiger charge is 1.84. The minimum Gasteiger partial charge on any atom is -0.193 e. The first-order chi connectivity index (χ1) is 7.41. The number of allylic oxidation sites excluding steroid dienone is 4. The molecule has 0 aromatic rings. The molecule has 0 unspecified atom stereocenters. The van der Waals surface area contributed by atoms with Crippen LogP contribution in [0.2, 0.25) is 0 Å². The van der Waals surface area contributed by atoms with Crippen molar-refractivity contribution >= 4 is 0 Å². The molecular weight excluding hydrogens is 182 g/mol. The Balaban J connectivity index is 3.11. The third-order valence-electron chi connectivity index (χ3n) is 2.32. The van der Waals surface area contributed by atoms with E-state index in [1.165, 1.54) is 32.1 Å². The van der Waals surface area contributed by atoms with Crippen LogP contribution in [-0.2, 0) is 0 Å². The maximum Gasteiger partial charge on any atom is 0.0908 e. The van der Waals surface area contributed by atoms with E-state index in [4.69, 9.17) is 5.26 Å². The molecule has 0 spiro atoms. The lowest BCUT2D eigenvalue weighted by Crippen LogP contribution is -1.74. The molecule has 1 nitrogen and oxygen atoms in total. The largest absolute Gasteiger partial charge is 0.193 e. The molecule has 0 aliphatic rings. The summed E-state index contributed by atoms with van der Waals surface area (Å²) >= 11 is 0. The zero-order chi connectivity index (χ0) is 11.2. The van der Waals surface area contributed by atoms with Crippen LogP contribution in [0.1, 0.15) is 58.3 Å². The van der Waals surface area contributed by atoms with E-state index >= 15 is 0 Å². The Hall–Kier alpha value is -1.03. The molecule has 0 atom stereocenters. The van der Waals surface area contributed by atoms with E-state index in [9.17, 15) is 0 Å². The van der Waals surface area contributed by atoms with Gasteiger partial charge in [0.2, 0.25) is 0 Å². The van der Waals surface area contributed by atoms with Crippen molar-refractivity contribution in [3.8, 4) is 6.07 Å². The third-order valence-corrected chi connectivity index (χ3v) is 2.32. The van der Waals surface area contributed by atoms with Crippen molar-refractivity contribution in [2.45, 2.75) is 58.3 Å². The summed E-state index contributed by atoms with van der Waals surface area (Å²) in [6, 6.07) is 2.00. The highest BCUT2D eigenvalue weighted by atomic mass is 14.2. The number of nitrogens with zero attached hydrogens (tertiary/aromatic N) is 1. The number of hydrogen-bond acceptors (Lipinski definition) is 1. The van der Waals surface area contributed by atoms with Crippen LogP contribution >= 0.6 is 0 Å². The lowest BCUT2D eigenvalue weighted by molar-refractivity contribution is 0.673. The maximum absolute atomic E-state index is 8.26. The molecule has 0 N–H and O–H groups in total. The van der Waals surface area contributed by atoms with Gasteiger partial charge in [0.05, 0.1) is 6.07 Å². The van der Waals surface area contributed by atoms with Crippen molar-refractivity contribution in [3.05, 3.63) is 24.3 Å². The van der Waals surface area contributed by atoms with E-state index in [0.717, 1.165) is 19.3 Å². The molecule has 0 radical (unpaired) electrons. The van der Waals surface area contributed by atoms with Crippen LogP contribution in [0.3, 0.4) is 0 Å². The van der Waals surface area contributed by atoms with Gasteiger partial charge in [0.15, 0.2) is 0 Å². The van der Waals surface area contributed by atoms with E-state index < -0.39 is 0 Å². The van der Waals surface area contributed by atoms with Gasteiger partial charge < -0.3 is 0 Å². The molecule has 0 saturated heterocycles. The lowest BCUT2D eigenvalue weighted by atomic mass is 10.1. The van der Waals surface area contributed by atoms with Crippen LogP contribution < -0.4 is 0 Å². The second-order valence-corrected chi connectivity index (χ2v) is 3.78. The van der Waals surface area contributed by atoms with Crippen LogP contribution in [0.4, 0.5) is 0 Å². The quantitative estimate of drug-likeness (QED) is 0.302. The Labute approximate surface area is 94.5 Å². The van der Waals surface area contributed by atoms with Crippen molar-refractivity contribution in [2.24, 2.45) is 0 Å². The van der Waals surface area contributed by atoms with Gasteiger partial charge in [-0.3, -0.25) is 0 Å². The van der Waals surface area contributed by atoms with E-state index in [1.54, 1.807) is 6.08 Å². The predicted molar refractivity (Wildman–Crippen MR) is 66.5 cm³/mol. The molecule has 0 aliphatic carbocycles. The van der Waals surface area contributed by atoms with E-state index in [1.807, 2.05) is 12.1 Å². The summed E-state index contributed by atoms with van der Waals surface area (Å²) < 4.78 is 0. The van der Waals surface area contributed by atoms with Gasteiger partial charge in [-0.1, -0.05) is 44.4 Å². The van der Waals surface area contributed by atoms with Gasteiger partial charge in [-0.05, 0) is 32.1 Å². The standard InChI is InChI=1S/C14H23N/c1-2-3-4-5-6-7-8-9-10-11-12-13-14-15/h7-8,12-13H,2-6,9-11H2,1H3/b8-7+,13-12+. The first-order valence-electron chi connectivity index (χ1n) is 6.11. The molecule has 15 heavy (non-hydrogen) atoms. The summed E-state index contributed by atoms with van der Waals surface area (Å²) in [4.78, 5) is 0. The molecule has 0 rings (SSSR count). The molecule has 0 saturated carbocycles. The van der Waals surface area contributed by atoms with E-state index in [2.05, 4.69) is 19.1 Å². The van der Waals surface area contributed by atoms with Crippen molar-refractivity contribution in [1.29, 1.82) is 5.26 Å². The van der Waals surface area contributed by atoms with Gasteiger partial charge in [0.1, 0.15) is 0 Å². The van der Waals surface area contributed by atoms with Gasteiger partial charge in [-0.15, -0.1) is 0 Å². The smallest absolute Gasteiger partial charge is 0.0908 e. The van der Waals surface area contributed by atoms with Crippen molar-refractivity contribution in [2.75, 3.05) is 0 Å². The highest BCUT2D eigenvalue weighted by Crippen LogP contribution is 2.04. The molecule has 84 valence electrons. The Kier molecular flexibility index (Phi) is 12.1. The monoisotopic (exact) mass is 205 g/mol. The van der Waals surface area contributed by atoms with E-state index in [0.29, 0.717) is 0 Å². The average Bonchev–Trinajstić information content (AvgIpc) is 2.26. The van der Waals surface area contributed by atoms with Gasteiger partial charge in [0, 0.05) is 6.08 Å². The summed E-state index contributed by atoms with van der Waals surface area (Å²) in [5, 5.41) is 8.26. The van der Waals surface area contributed by atoms with Crippen LogP contribution in [0.15, 0.2) is 24.3 Å². The molecule has 0 aliphatic heterocycles. The minimum atomic E-state index is 1.02. The second-order valence-electron chi connectivity index (χ2n) is 3.78. The third kappa shape index (κ3) is 13.0. The number of unbranched alkanes of at least 4 members (excludes halogenated alkanes) is 6. The van der Waals surface area contributed by atoms with Crippen molar-refractivity contribution in [1.82, 2.24) is 0 Å². The molecule has 0 amide bonds. The van der Waals surface area contributed by atoms with Crippen LogP contribution in [0.25, 0.3) is 0 Å². The highest BCUT2D eigenvalue weighted by molar-refractivity contribution is 5.01. The summed E-state index contributed by atoms with van der Waals surface area (Å²) in [6.45, 7) is 2.24. The van der Waals surface area contributed by atoms with Crippen molar-refractivity contribution < 1.29 is 0 Å². The Bertz CT molecular complexity index is 208. The molecule has 0 aromatic carbocycles. The van der Waals surface area contributed by atoms with Crippen LogP contribution in [0, 0.1) is 11.3 Å². The molecular formula is C14H23N. The summed E-state index contributed by atoms with van der Waals surface area (Å²) in [7, 11) is 0. The summed E-state index contributed by atoms with van der Waals surface area (Å²) in [5.41, 5.74) is 0. The van der Waals surface area contributed by atoms with Crippen LogP contribution in [0.5, 0.6) is 0 Å². The van der Waals surface area contributed by atoms with Gasteiger partial charge in [-0.25, -0.2) is 0 Å². The first-order valence-corrected chi connectivity index (χ1v) is 6.11. The minimum absolute atomic E-state index is 1.02.